The van der Waals surface area contributed by atoms with Crippen molar-refractivity contribution in [3.63, 3.8) is 0 Å². The second kappa shape index (κ2) is 6.98. The first-order chi connectivity index (χ1) is 6.00. The van der Waals surface area contributed by atoms with Crippen LogP contribution < -0.4 is 51.4 Å². The SMILES string of the molecule is C=C(CN1CCSCC1)[B-](F)(F)F.[K+]. The van der Waals surface area contributed by atoms with Gasteiger partial charge in [0.1, 0.15) is 0 Å². The van der Waals surface area contributed by atoms with Crippen LogP contribution in [0.3, 0.4) is 0 Å². The summed E-state index contributed by atoms with van der Waals surface area (Å²) in [5.74, 6) is 1.86. The molecule has 1 heterocycles. The Balaban J connectivity index is 0.00000169. The van der Waals surface area contributed by atoms with Gasteiger partial charge in [-0.15, -0.1) is 12.1 Å². The van der Waals surface area contributed by atoms with Crippen molar-refractivity contribution in [3.05, 3.63) is 12.1 Å². The minimum absolute atomic E-state index is 0. The molecule has 0 saturated carbocycles. The Labute approximate surface area is 129 Å². The molecular weight excluding hydrogens is 237 g/mol. The molecule has 1 rings (SSSR count). The van der Waals surface area contributed by atoms with Crippen LogP contribution in [0.15, 0.2) is 12.1 Å². The minimum atomic E-state index is -4.84. The fraction of sp³-hybridized carbons (Fsp3) is 0.714. The van der Waals surface area contributed by atoms with Crippen LogP contribution in [0, 0.1) is 0 Å². The fourth-order valence-corrected chi connectivity index (χ4v) is 2.13. The average molecular weight is 249 g/mol. The maximum atomic E-state index is 12.1. The van der Waals surface area contributed by atoms with E-state index >= 15 is 0 Å². The van der Waals surface area contributed by atoms with E-state index in [1.54, 1.807) is 11.8 Å². The van der Waals surface area contributed by atoms with Crippen molar-refractivity contribution in [2.45, 2.75) is 0 Å². The molecule has 0 bridgehead atoms. The van der Waals surface area contributed by atoms with Gasteiger partial charge < -0.3 is 17.8 Å². The molecule has 76 valence electrons. The molecular formula is C7H12BF3KNS. The second-order valence-electron chi connectivity index (χ2n) is 3.12. The van der Waals surface area contributed by atoms with Crippen molar-refractivity contribution in [1.29, 1.82) is 0 Å². The van der Waals surface area contributed by atoms with Gasteiger partial charge in [-0.2, -0.15) is 11.8 Å². The summed E-state index contributed by atoms with van der Waals surface area (Å²) in [6.45, 7) is -0.285. The molecule has 0 amide bonds. The first kappa shape index (κ1) is 15.5. The van der Waals surface area contributed by atoms with Crippen LogP contribution in [0.4, 0.5) is 12.9 Å². The van der Waals surface area contributed by atoms with E-state index in [4.69, 9.17) is 0 Å². The maximum absolute atomic E-state index is 12.1. The predicted octanol–water partition coefficient (Wildman–Crippen LogP) is -1.02. The summed E-state index contributed by atoms with van der Waals surface area (Å²) in [5.41, 5.74) is -0.577. The van der Waals surface area contributed by atoms with E-state index in [1.165, 1.54) is 0 Å². The van der Waals surface area contributed by atoms with Crippen molar-refractivity contribution in [2.24, 2.45) is 0 Å². The largest absolute Gasteiger partial charge is 1.00 e. The summed E-state index contributed by atoms with van der Waals surface area (Å²) in [6, 6.07) is 0. The smallest absolute Gasteiger partial charge is 0.445 e. The molecule has 1 aliphatic rings. The molecule has 0 unspecified atom stereocenters. The quantitative estimate of drug-likeness (QED) is 0.589. The Hall–Kier alpha value is 1.54. The van der Waals surface area contributed by atoms with Crippen molar-refractivity contribution >= 4 is 18.7 Å². The van der Waals surface area contributed by atoms with Gasteiger partial charge in [-0.1, -0.05) is 0 Å². The minimum Gasteiger partial charge on any atom is -0.445 e. The van der Waals surface area contributed by atoms with Crippen LogP contribution in [-0.2, 0) is 0 Å². The molecule has 1 aliphatic heterocycles. The molecule has 0 atom stereocenters. The van der Waals surface area contributed by atoms with Gasteiger partial charge in [-0.05, 0) is 6.54 Å². The van der Waals surface area contributed by atoms with Gasteiger partial charge in [0.25, 0.3) is 0 Å². The molecule has 14 heavy (non-hydrogen) atoms. The molecule has 0 aromatic rings. The van der Waals surface area contributed by atoms with Gasteiger partial charge in [0.15, 0.2) is 0 Å². The molecule has 0 spiro atoms. The number of rotatable bonds is 3. The molecule has 1 saturated heterocycles. The van der Waals surface area contributed by atoms with Crippen molar-refractivity contribution in [1.82, 2.24) is 4.90 Å². The molecule has 7 heteroatoms. The third-order valence-corrected chi connectivity index (χ3v) is 2.94. The van der Waals surface area contributed by atoms with Gasteiger partial charge in [-0.3, -0.25) is 0 Å². The van der Waals surface area contributed by atoms with Gasteiger partial charge in [0.2, 0.25) is 0 Å². The molecule has 0 radical (unpaired) electrons. The van der Waals surface area contributed by atoms with Crippen molar-refractivity contribution in [2.75, 3.05) is 31.1 Å². The summed E-state index contributed by atoms with van der Waals surface area (Å²) >= 11 is 1.79. The van der Waals surface area contributed by atoms with Gasteiger partial charge >= 0.3 is 58.4 Å². The maximum Gasteiger partial charge on any atom is 1.00 e. The molecule has 0 N–H and O–H groups in total. The number of nitrogens with zero attached hydrogens (tertiary/aromatic N) is 1. The van der Waals surface area contributed by atoms with Gasteiger partial charge in [0.05, 0.1) is 0 Å². The van der Waals surface area contributed by atoms with Gasteiger partial charge in [-0.25, -0.2) is 0 Å². The molecule has 0 aromatic heterocycles. The van der Waals surface area contributed by atoms with E-state index in [0.717, 1.165) is 24.6 Å². The number of hydrogen-bond donors (Lipinski definition) is 0. The van der Waals surface area contributed by atoms with E-state index in [-0.39, 0.29) is 57.9 Å². The second-order valence-corrected chi connectivity index (χ2v) is 4.35. The summed E-state index contributed by atoms with van der Waals surface area (Å²) in [4.78, 5) is 1.81. The standard InChI is InChI=1S/C7H12BF3NS.K/c1-7(8(9,10)11)6-12-2-4-13-5-3-12;/h1-6H2;/q-1;+1. The van der Waals surface area contributed by atoms with Crippen LogP contribution in [0.2, 0.25) is 0 Å². The van der Waals surface area contributed by atoms with Crippen LogP contribution in [-0.4, -0.2) is 43.0 Å². The Bertz CT molecular complexity index is 194. The van der Waals surface area contributed by atoms with Crippen LogP contribution in [0.1, 0.15) is 0 Å². The fourth-order valence-electron chi connectivity index (χ4n) is 1.15. The first-order valence-electron chi connectivity index (χ1n) is 4.18. The third kappa shape index (κ3) is 5.58. The average Bonchev–Trinajstić information content (AvgIpc) is 2.04. The summed E-state index contributed by atoms with van der Waals surface area (Å²) in [6.07, 6.45) is 0. The zero-order chi connectivity index (χ0) is 9.90. The van der Waals surface area contributed by atoms with E-state index < -0.39 is 12.4 Å². The van der Waals surface area contributed by atoms with Crippen molar-refractivity contribution in [3.8, 4) is 0 Å². The Morgan fingerprint density at radius 3 is 2.21 bits per heavy atom. The summed E-state index contributed by atoms with van der Waals surface area (Å²) in [7, 11) is 0. The van der Waals surface area contributed by atoms with Crippen LogP contribution in [0.5, 0.6) is 0 Å². The van der Waals surface area contributed by atoms with E-state index in [0.29, 0.717) is 0 Å². The summed E-state index contributed by atoms with van der Waals surface area (Å²) < 4.78 is 36.4. The number of hydrogen-bond acceptors (Lipinski definition) is 2. The van der Waals surface area contributed by atoms with Gasteiger partial charge in [0, 0.05) is 24.6 Å². The molecule has 1 fully saturated rings. The molecule has 0 aliphatic carbocycles. The predicted molar refractivity (Wildman–Crippen MR) is 52.0 cm³/mol. The Kier molecular flexibility index (Phi) is 7.75. The Morgan fingerprint density at radius 1 is 1.29 bits per heavy atom. The van der Waals surface area contributed by atoms with E-state index in [9.17, 15) is 12.9 Å². The number of halogens is 3. The normalized spacial score (nSPS) is 18.8. The Morgan fingerprint density at radius 2 is 1.79 bits per heavy atom. The third-order valence-electron chi connectivity index (χ3n) is 1.99. The van der Waals surface area contributed by atoms with E-state index in [2.05, 4.69) is 6.58 Å². The number of thioether (sulfide) groups is 1. The monoisotopic (exact) mass is 249 g/mol. The molecule has 1 nitrogen and oxygen atoms in total. The zero-order valence-electron chi connectivity index (χ0n) is 8.31. The van der Waals surface area contributed by atoms with Crippen LogP contribution >= 0.6 is 11.8 Å². The zero-order valence-corrected chi connectivity index (χ0v) is 12.2. The topological polar surface area (TPSA) is 3.24 Å². The first-order valence-corrected chi connectivity index (χ1v) is 5.33. The molecule has 0 aromatic carbocycles. The van der Waals surface area contributed by atoms with E-state index in [1.807, 2.05) is 4.90 Å². The van der Waals surface area contributed by atoms with Crippen molar-refractivity contribution < 1.29 is 64.3 Å². The summed E-state index contributed by atoms with van der Waals surface area (Å²) in [5, 5.41) is 0. The van der Waals surface area contributed by atoms with Crippen LogP contribution in [0.25, 0.3) is 0 Å².